The van der Waals surface area contributed by atoms with Crippen molar-refractivity contribution in [2.24, 2.45) is 0 Å². The molecule has 1 fully saturated rings. The van der Waals surface area contributed by atoms with Crippen molar-refractivity contribution in [3.63, 3.8) is 0 Å². The summed E-state index contributed by atoms with van der Waals surface area (Å²) in [5.41, 5.74) is 3.09. The van der Waals surface area contributed by atoms with E-state index in [-0.39, 0.29) is 5.66 Å². The zero-order valence-corrected chi connectivity index (χ0v) is 6.60. The fourth-order valence-electron chi connectivity index (χ4n) is 1.72. The van der Waals surface area contributed by atoms with Crippen molar-refractivity contribution in [1.82, 2.24) is 10.8 Å². The molecule has 0 aromatic heterocycles. The van der Waals surface area contributed by atoms with Gasteiger partial charge in [-0.3, -0.25) is 5.32 Å². The predicted octanol–water partition coefficient (Wildman–Crippen LogP) is 0.895. The molecule has 2 aliphatic rings. The third kappa shape index (κ3) is 1.39. The number of hydroxylamine groups is 1. The van der Waals surface area contributed by atoms with Gasteiger partial charge in [-0.2, -0.15) is 0 Å². The first-order chi connectivity index (χ1) is 5.41. The molecule has 3 nitrogen and oxygen atoms in total. The monoisotopic (exact) mass is 154 g/mol. The predicted molar refractivity (Wildman–Crippen MR) is 42.6 cm³/mol. The van der Waals surface area contributed by atoms with Gasteiger partial charge in [0.15, 0.2) is 0 Å². The topological polar surface area (TPSA) is 33.3 Å². The summed E-state index contributed by atoms with van der Waals surface area (Å²) in [6.07, 6.45) is 8.55. The van der Waals surface area contributed by atoms with Crippen LogP contribution in [0, 0.1) is 0 Å². The highest BCUT2D eigenvalue weighted by Crippen LogP contribution is 2.22. The van der Waals surface area contributed by atoms with Crippen molar-refractivity contribution in [2.75, 3.05) is 6.54 Å². The van der Waals surface area contributed by atoms with Gasteiger partial charge in [-0.05, 0) is 31.9 Å². The lowest BCUT2D eigenvalue weighted by Gasteiger charge is -2.39. The molecule has 3 heteroatoms. The van der Waals surface area contributed by atoms with Gasteiger partial charge in [0.05, 0.1) is 0 Å². The Kier molecular flexibility index (Phi) is 1.84. The van der Waals surface area contributed by atoms with Crippen molar-refractivity contribution in [3.8, 4) is 0 Å². The second kappa shape index (κ2) is 2.83. The summed E-state index contributed by atoms with van der Waals surface area (Å²) < 4.78 is 0. The molecule has 1 saturated heterocycles. The van der Waals surface area contributed by atoms with Crippen LogP contribution in [0.2, 0.25) is 0 Å². The fraction of sp³-hybridized carbons (Fsp3) is 0.750. The molecular formula is C8H14N2O. The Bertz CT molecular complexity index is 161. The van der Waals surface area contributed by atoms with Crippen molar-refractivity contribution in [2.45, 2.75) is 31.3 Å². The van der Waals surface area contributed by atoms with Gasteiger partial charge in [0.25, 0.3) is 0 Å². The van der Waals surface area contributed by atoms with Gasteiger partial charge in [0.1, 0.15) is 11.9 Å². The van der Waals surface area contributed by atoms with Gasteiger partial charge in [-0.1, -0.05) is 0 Å². The van der Waals surface area contributed by atoms with Crippen LogP contribution in [-0.4, -0.2) is 12.2 Å². The Hall–Kier alpha value is -0.540. The van der Waals surface area contributed by atoms with Crippen molar-refractivity contribution >= 4 is 0 Å². The van der Waals surface area contributed by atoms with Crippen molar-refractivity contribution in [1.29, 1.82) is 0 Å². The second-order valence-corrected chi connectivity index (χ2v) is 3.26. The molecule has 0 bridgehead atoms. The van der Waals surface area contributed by atoms with Crippen molar-refractivity contribution in [3.05, 3.63) is 12.3 Å². The molecule has 0 aromatic carbocycles. The highest BCUT2D eigenvalue weighted by Gasteiger charge is 2.32. The molecule has 2 rings (SSSR count). The van der Waals surface area contributed by atoms with Crippen LogP contribution in [0.3, 0.4) is 0 Å². The number of piperidine rings is 1. The summed E-state index contributed by atoms with van der Waals surface area (Å²) in [5.74, 6) is 0. The van der Waals surface area contributed by atoms with E-state index in [1.807, 2.05) is 0 Å². The van der Waals surface area contributed by atoms with E-state index in [2.05, 4.69) is 16.9 Å². The van der Waals surface area contributed by atoms with E-state index in [1.54, 1.807) is 6.26 Å². The third-order valence-electron chi connectivity index (χ3n) is 2.38. The summed E-state index contributed by atoms with van der Waals surface area (Å²) in [6, 6.07) is 0. The lowest BCUT2D eigenvalue weighted by Crippen LogP contribution is -2.59. The molecule has 1 spiro atoms. The summed E-state index contributed by atoms with van der Waals surface area (Å²) >= 11 is 0. The number of hydrogen-bond acceptors (Lipinski definition) is 3. The first-order valence-electron chi connectivity index (χ1n) is 4.24. The normalized spacial score (nSPS) is 37.1. The van der Waals surface area contributed by atoms with Crippen LogP contribution in [0.5, 0.6) is 0 Å². The second-order valence-electron chi connectivity index (χ2n) is 3.26. The van der Waals surface area contributed by atoms with Crippen LogP contribution < -0.4 is 10.8 Å². The highest BCUT2D eigenvalue weighted by molar-refractivity contribution is 4.96. The minimum Gasteiger partial charge on any atom is -0.415 e. The smallest absolute Gasteiger partial charge is 0.107 e. The highest BCUT2D eigenvalue weighted by atomic mass is 16.6. The Labute approximate surface area is 66.8 Å². The molecule has 2 heterocycles. The van der Waals surface area contributed by atoms with Gasteiger partial charge < -0.3 is 4.84 Å². The largest absolute Gasteiger partial charge is 0.415 e. The van der Waals surface area contributed by atoms with Crippen LogP contribution in [0.4, 0.5) is 0 Å². The van der Waals surface area contributed by atoms with E-state index in [1.165, 1.54) is 12.8 Å². The molecule has 1 atom stereocenters. The lowest BCUT2D eigenvalue weighted by molar-refractivity contribution is -0.00471. The minimum atomic E-state index is 0.0486. The molecule has 0 saturated carbocycles. The molecule has 2 N–H and O–H groups in total. The Morgan fingerprint density at radius 1 is 1.36 bits per heavy atom. The van der Waals surface area contributed by atoms with Gasteiger partial charge in [-0.15, -0.1) is 5.48 Å². The molecule has 0 radical (unpaired) electrons. The summed E-state index contributed by atoms with van der Waals surface area (Å²) in [6.45, 7) is 1.10. The maximum atomic E-state index is 5.07. The van der Waals surface area contributed by atoms with Gasteiger partial charge in [0.2, 0.25) is 0 Å². The number of rotatable bonds is 0. The first kappa shape index (κ1) is 7.13. The first-order valence-corrected chi connectivity index (χ1v) is 4.24. The van der Waals surface area contributed by atoms with E-state index in [4.69, 9.17) is 4.84 Å². The van der Waals surface area contributed by atoms with E-state index < -0.39 is 0 Å². The van der Waals surface area contributed by atoms with Crippen LogP contribution in [-0.2, 0) is 4.84 Å². The number of nitrogens with one attached hydrogen (secondary N) is 2. The zero-order valence-electron chi connectivity index (χ0n) is 6.60. The van der Waals surface area contributed by atoms with Gasteiger partial charge in [0, 0.05) is 6.42 Å². The van der Waals surface area contributed by atoms with Gasteiger partial charge in [-0.25, -0.2) is 0 Å². The molecule has 0 aliphatic carbocycles. The summed E-state index contributed by atoms with van der Waals surface area (Å²) in [7, 11) is 0. The van der Waals surface area contributed by atoms with Crippen LogP contribution in [0.1, 0.15) is 25.7 Å². The van der Waals surface area contributed by atoms with Crippen molar-refractivity contribution < 1.29 is 4.84 Å². The fourth-order valence-corrected chi connectivity index (χ4v) is 1.72. The van der Waals surface area contributed by atoms with Gasteiger partial charge >= 0.3 is 0 Å². The van der Waals surface area contributed by atoms with E-state index in [9.17, 15) is 0 Å². The average Bonchev–Trinajstić information content (AvgIpc) is 2.07. The molecular weight excluding hydrogens is 140 g/mol. The van der Waals surface area contributed by atoms with Crippen LogP contribution in [0.15, 0.2) is 12.3 Å². The SMILES string of the molecule is C1=CONC2(C1)CCCCN2. The molecule has 2 aliphatic heterocycles. The molecule has 0 amide bonds. The average molecular weight is 154 g/mol. The summed E-state index contributed by atoms with van der Waals surface area (Å²) in [4.78, 5) is 5.07. The molecule has 11 heavy (non-hydrogen) atoms. The Balaban J connectivity index is 2.01. The third-order valence-corrected chi connectivity index (χ3v) is 2.38. The zero-order chi connectivity index (χ0) is 7.57. The Morgan fingerprint density at radius 3 is 3.00 bits per heavy atom. The quantitative estimate of drug-likeness (QED) is 0.543. The summed E-state index contributed by atoms with van der Waals surface area (Å²) in [5, 5.41) is 3.45. The number of hydrogen-bond donors (Lipinski definition) is 2. The minimum absolute atomic E-state index is 0.0486. The maximum Gasteiger partial charge on any atom is 0.107 e. The maximum absolute atomic E-state index is 5.07. The molecule has 1 unspecified atom stereocenters. The molecule has 0 aromatic rings. The molecule has 62 valence electrons. The lowest BCUT2D eigenvalue weighted by atomic mass is 9.95. The van der Waals surface area contributed by atoms with E-state index in [0.29, 0.717) is 0 Å². The Morgan fingerprint density at radius 2 is 2.36 bits per heavy atom. The van der Waals surface area contributed by atoms with Crippen LogP contribution >= 0.6 is 0 Å². The van der Waals surface area contributed by atoms with E-state index >= 15 is 0 Å². The standard InChI is InChI=1S/C8H14N2O/c1-2-6-9-8(4-1)5-3-7-11-10-8/h3,7,9-10H,1-2,4-6H2. The van der Waals surface area contributed by atoms with Crippen LogP contribution in [0.25, 0.3) is 0 Å². The van der Waals surface area contributed by atoms with E-state index in [0.717, 1.165) is 19.4 Å².